The summed E-state index contributed by atoms with van der Waals surface area (Å²) in [5.74, 6) is 0.129. The Balaban J connectivity index is 1.92. The average Bonchev–Trinajstić information content (AvgIpc) is 3.17. The van der Waals surface area contributed by atoms with Crippen LogP contribution in [-0.4, -0.2) is 25.7 Å². The molecule has 3 aromatic rings. The van der Waals surface area contributed by atoms with Gasteiger partial charge in [-0.3, -0.25) is 10.00 Å². The molecule has 144 valence electrons. The van der Waals surface area contributed by atoms with Crippen LogP contribution in [0, 0.1) is 5.82 Å². The Morgan fingerprint density at radius 1 is 1.18 bits per heavy atom. The number of aromatic amines is 1. The Morgan fingerprint density at radius 3 is 2.57 bits per heavy atom. The monoisotopic (exact) mass is 400 g/mol. The molecule has 1 aromatic heterocycles. The van der Waals surface area contributed by atoms with E-state index in [0.29, 0.717) is 17.3 Å². The van der Waals surface area contributed by atoms with Gasteiger partial charge in [-0.2, -0.15) is 0 Å². The first kappa shape index (κ1) is 18.2. The van der Waals surface area contributed by atoms with Gasteiger partial charge in [0.15, 0.2) is 0 Å². The molecule has 2 aromatic carbocycles. The molecule has 3 N–H and O–H groups in total. The van der Waals surface area contributed by atoms with Crippen molar-refractivity contribution >= 4 is 21.7 Å². The summed E-state index contributed by atoms with van der Waals surface area (Å²) in [6.07, 6.45) is 0.765. The van der Waals surface area contributed by atoms with E-state index in [1.165, 1.54) is 24.1 Å². The summed E-state index contributed by atoms with van der Waals surface area (Å²) in [4.78, 5) is 1.40. The van der Waals surface area contributed by atoms with Crippen molar-refractivity contribution in [2.45, 2.75) is 11.1 Å². The van der Waals surface area contributed by atoms with Crippen molar-refractivity contribution in [3.63, 3.8) is 0 Å². The first-order valence-corrected chi connectivity index (χ1v) is 9.85. The summed E-state index contributed by atoms with van der Waals surface area (Å²) in [5, 5.41) is 6.70. The molecule has 0 amide bonds. The number of nitrogens with zero attached hydrogens (tertiary/aromatic N) is 2. The number of fused-ring (bicyclic) bond motifs is 1. The van der Waals surface area contributed by atoms with Crippen molar-refractivity contribution in [1.29, 1.82) is 0 Å². The third-order valence-electron chi connectivity index (χ3n) is 4.52. The van der Waals surface area contributed by atoms with E-state index in [1.807, 2.05) is 12.1 Å². The first-order valence-electron chi connectivity index (χ1n) is 8.37. The van der Waals surface area contributed by atoms with Gasteiger partial charge in [-0.1, -0.05) is 24.3 Å². The maximum atomic E-state index is 13.4. The third kappa shape index (κ3) is 2.94. The molecule has 0 saturated carbocycles. The van der Waals surface area contributed by atoms with Crippen LogP contribution in [0.4, 0.5) is 10.2 Å². The topological polar surface area (TPSA) is 101 Å². The number of nitrogens with one attached hydrogen (secondary N) is 1. The van der Waals surface area contributed by atoms with E-state index in [9.17, 15) is 12.8 Å². The average molecular weight is 400 g/mol. The van der Waals surface area contributed by atoms with E-state index in [-0.39, 0.29) is 9.92 Å². The number of sulfone groups is 1. The highest BCUT2D eigenvalue weighted by molar-refractivity contribution is 7.95. The van der Waals surface area contributed by atoms with Crippen LogP contribution in [0.5, 0.6) is 5.88 Å². The molecule has 2 heterocycles. The van der Waals surface area contributed by atoms with Crippen LogP contribution >= 0.6 is 0 Å². The Hall–Kier alpha value is -3.17. The van der Waals surface area contributed by atoms with E-state index < -0.39 is 21.8 Å². The standard InChI is InChI=1S/C19H17FN4O3S/c1-27-17-11-16(22-23-17)24-18(10-12-4-2-3-5-15(12)19(24)21)28(25,26)14-8-6-13(20)7-9-14/h2-11,19H,21H2,1H3,(H,22,23). The van der Waals surface area contributed by atoms with Crippen LogP contribution in [0.2, 0.25) is 0 Å². The van der Waals surface area contributed by atoms with Gasteiger partial charge in [0.25, 0.3) is 0 Å². The van der Waals surface area contributed by atoms with Gasteiger partial charge in [0.1, 0.15) is 22.8 Å². The van der Waals surface area contributed by atoms with Crippen LogP contribution in [0.15, 0.2) is 64.5 Å². The number of halogens is 1. The summed E-state index contributed by atoms with van der Waals surface area (Å²) in [7, 11) is -2.54. The van der Waals surface area contributed by atoms with Crippen molar-refractivity contribution in [1.82, 2.24) is 10.2 Å². The summed E-state index contributed by atoms with van der Waals surface area (Å²) in [5.41, 5.74) is 7.89. The van der Waals surface area contributed by atoms with E-state index >= 15 is 0 Å². The number of anilines is 1. The van der Waals surface area contributed by atoms with Gasteiger partial charge in [0, 0.05) is 6.07 Å². The van der Waals surface area contributed by atoms with E-state index in [1.54, 1.807) is 24.3 Å². The number of nitrogens with two attached hydrogens (primary N) is 1. The SMILES string of the molecule is COc1cc(N2C(S(=O)(=O)c3ccc(F)cc3)=Cc3ccccc3C2N)[nH]n1. The minimum Gasteiger partial charge on any atom is -0.480 e. The first-order chi connectivity index (χ1) is 13.4. The molecule has 28 heavy (non-hydrogen) atoms. The molecule has 9 heteroatoms. The minimum absolute atomic E-state index is 0.0387. The van der Waals surface area contributed by atoms with Crippen molar-refractivity contribution < 1.29 is 17.5 Å². The second-order valence-corrected chi connectivity index (χ2v) is 8.08. The van der Waals surface area contributed by atoms with E-state index in [0.717, 1.165) is 17.7 Å². The lowest BCUT2D eigenvalue weighted by Gasteiger charge is -2.35. The van der Waals surface area contributed by atoms with Crippen molar-refractivity contribution in [2.75, 3.05) is 12.0 Å². The molecule has 0 bridgehead atoms. The maximum absolute atomic E-state index is 13.4. The van der Waals surface area contributed by atoms with Crippen LogP contribution in [0.3, 0.4) is 0 Å². The fourth-order valence-electron chi connectivity index (χ4n) is 3.12. The lowest BCUT2D eigenvalue weighted by Crippen LogP contribution is -2.39. The van der Waals surface area contributed by atoms with Crippen LogP contribution in [-0.2, 0) is 9.84 Å². The predicted molar refractivity (Wildman–Crippen MR) is 103 cm³/mol. The Kier molecular flexibility index (Phi) is 4.40. The van der Waals surface area contributed by atoms with Gasteiger partial charge in [-0.25, -0.2) is 12.8 Å². The van der Waals surface area contributed by atoms with E-state index in [4.69, 9.17) is 10.5 Å². The Bertz CT molecular complexity index is 1160. The number of rotatable bonds is 4. The molecular weight excluding hydrogens is 383 g/mol. The quantitative estimate of drug-likeness (QED) is 0.653. The molecular formula is C19H17FN4O3S. The Morgan fingerprint density at radius 2 is 1.89 bits per heavy atom. The normalized spacial score (nSPS) is 16.5. The molecule has 1 atom stereocenters. The summed E-state index contributed by atoms with van der Waals surface area (Å²) >= 11 is 0. The molecule has 4 rings (SSSR count). The third-order valence-corrected chi connectivity index (χ3v) is 6.28. The molecule has 0 radical (unpaired) electrons. The zero-order valence-electron chi connectivity index (χ0n) is 14.8. The summed E-state index contributed by atoms with van der Waals surface area (Å²) in [6, 6.07) is 13.5. The number of hydrogen-bond donors (Lipinski definition) is 2. The van der Waals surface area contributed by atoms with Gasteiger partial charge >= 0.3 is 0 Å². The van der Waals surface area contributed by atoms with Gasteiger partial charge in [-0.15, -0.1) is 5.10 Å². The zero-order valence-corrected chi connectivity index (χ0v) is 15.7. The van der Waals surface area contributed by atoms with Crippen molar-refractivity contribution in [3.05, 3.63) is 76.6 Å². The predicted octanol–water partition coefficient (Wildman–Crippen LogP) is 2.81. The minimum atomic E-state index is -4.00. The second-order valence-electron chi connectivity index (χ2n) is 6.18. The largest absolute Gasteiger partial charge is 0.480 e. The molecule has 1 aliphatic heterocycles. The number of aromatic nitrogens is 2. The second kappa shape index (κ2) is 6.77. The molecule has 0 spiro atoms. The summed E-state index contributed by atoms with van der Waals surface area (Å²) < 4.78 is 45.1. The molecule has 7 nitrogen and oxygen atoms in total. The highest BCUT2D eigenvalue weighted by Crippen LogP contribution is 2.39. The maximum Gasteiger partial charge on any atom is 0.234 e. The van der Waals surface area contributed by atoms with Crippen LogP contribution in [0.1, 0.15) is 17.3 Å². The number of benzene rings is 2. The number of ether oxygens (including phenoxy) is 1. The fourth-order valence-corrected chi connectivity index (χ4v) is 4.61. The Labute approximate surface area is 161 Å². The number of H-pyrrole nitrogens is 1. The van der Waals surface area contributed by atoms with E-state index in [2.05, 4.69) is 10.2 Å². The molecule has 0 saturated heterocycles. The molecule has 1 unspecified atom stereocenters. The van der Waals surface area contributed by atoms with Crippen molar-refractivity contribution in [3.8, 4) is 5.88 Å². The lowest BCUT2D eigenvalue weighted by molar-refractivity contribution is 0.397. The smallest absolute Gasteiger partial charge is 0.234 e. The highest BCUT2D eigenvalue weighted by atomic mass is 32.2. The summed E-state index contributed by atoms with van der Waals surface area (Å²) in [6.45, 7) is 0. The zero-order chi connectivity index (χ0) is 19.9. The fraction of sp³-hybridized carbons (Fsp3) is 0.105. The molecule has 0 aliphatic carbocycles. The van der Waals surface area contributed by atoms with Gasteiger partial charge in [-0.05, 0) is 41.5 Å². The number of methoxy groups -OCH3 is 1. The van der Waals surface area contributed by atoms with Crippen molar-refractivity contribution in [2.24, 2.45) is 5.73 Å². The van der Waals surface area contributed by atoms with Gasteiger partial charge < -0.3 is 10.5 Å². The number of hydrogen-bond acceptors (Lipinski definition) is 6. The highest BCUT2D eigenvalue weighted by Gasteiger charge is 2.36. The van der Waals surface area contributed by atoms with Crippen LogP contribution < -0.4 is 15.4 Å². The molecule has 0 fully saturated rings. The lowest BCUT2D eigenvalue weighted by atomic mass is 10.0. The van der Waals surface area contributed by atoms with Gasteiger partial charge in [0.05, 0.1) is 12.0 Å². The van der Waals surface area contributed by atoms with Crippen LogP contribution in [0.25, 0.3) is 6.08 Å². The molecule has 1 aliphatic rings. The van der Waals surface area contributed by atoms with Gasteiger partial charge in [0.2, 0.25) is 15.7 Å².